The second kappa shape index (κ2) is 4.88. The molecular formula is C14H22N2. The lowest BCUT2D eigenvalue weighted by molar-refractivity contribution is 0.731. The van der Waals surface area contributed by atoms with Gasteiger partial charge in [-0.1, -0.05) is 25.1 Å². The standard InChI is InChI=1S/C14H22N2/c1-3-8-16-9-7-12-5-4-6-13(14(12)16)10-11(2)15/h4-6,11H,3,7-10,15H2,1-2H3. The zero-order chi connectivity index (χ0) is 11.5. The molecule has 1 atom stereocenters. The van der Waals surface area contributed by atoms with Gasteiger partial charge >= 0.3 is 0 Å². The summed E-state index contributed by atoms with van der Waals surface area (Å²) in [6, 6.07) is 6.91. The second-order valence-electron chi connectivity index (χ2n) is 4.84. The van der Waals surface area contributed by atoms with Crippen LogP contribution in [0.15, 0.2) is 18.2 Å². The first-order valence-corrected chi connectivity index (χ1v) is 6.33. The van der Waals surface area contributed by atoms with Gasteiger partial charge in [-0.15, -0.1) is 0 Å². The minimum absolute atomic E-state index is 0.246. The Balaban J connectivity index is 2.29. The number of anilines is 1. The monoisotopic (exact) mass is 218 g/mol. The van der Waals surface area contributed by atoms with Crippen LogP contribution in [0.3, 0.4) is 0 Å². The third-order valence-electron chi connectivity index (χ3n) is 3.21. The molecule has 0 fully saturated rings. The molecule has 0 aliphatic carbocycles. The minimum atomic E-state index is 0.246. The molecule has 16 heavy (non-hydrogen) atoms. The van der Waals surface area contributed by atoms with Gasteiger partial charge in [0.1, 0.15) is 0 Å². The lowest BCUT2D eigenvalue weighted by atomic mass is 10.0. The average molecular weight is 218 g/mol. The van der Waals surface area contributed by atoms with Crippen LogP contribution in [0.2, 0.25) is 0 Å². The fourth-order valence-corrected chi connectivity index (χ4v) is 2.62. The van der Waals surface area contributed by atoms with Gasteiger partial charge in [-0.2, -0.15) is 0 Å². The maximum atomic E-state index is 5.92. The first-order valence-electron chi connectivity index (χ1n) is 6.33. The van der Waals surface area contributed by atoms with Gasteiger partial charge in [0.15, 0.2) is 0 Å². The third kappa shape index (κ3) is 2.22. The molecule has 1 aromatic carbocycles. The molecule has 0 bridgehead atoms. The van der Waals surface area contributed by atoms with Crippen molar-refractivity contribution >= 4 is 5.69 Å². The number of nitrogens with zero attached hydrogens (tertiary/aromatic N) is 1. The molecule has 88 valence electrons. The molecule has 1 aliphatic heterocycles. The van der Waals surface area contributed by atoms with Gasteiger partial charge in [0.2, 0.25) is 0 Å². The fraction of sp³-hybridized carbons (Fsp3) is 0.571. The summed E-state index contributed by atoms with van der Waals surface area (Å²) in [5.74, 6) is 0. The van der Waals surface area contributed by atoms with Crippen molar-refractivity contribution < 1.29 is 0 Å². The number of para-hydroxylation sites is 1. The second-order valence-corrected chi connectivity index (χ2v) is 4.84. The van der Waals surface area contributed by atoms with Crippen molar-refractivity contribution in [2.24, 2.45) is 5.73 Å². The molecule has 1 unspecified atom stereocenters. The third-order valence-corrected chi connectivity index (χ3v) is 3.21. The van der Waals surface area contributed by atoms with Crippen molar-refractivity contribution in [1.29, 1.82) is 0 Å². The van der Waals surface area contributed by atoms with Crippen molar-refractivity contribution in [1.82, 2.24) is 0 Å². The van der Waals surface area contributed by atoms with Crippen LogP contribution in [0.4, 0.5) is 5.69 Å². The van der Waals surface area contributed by atoms with Gasteiger partial charge in [0.05, 0.1) is 0 Å². The summed E-state index contributed by atoms with van der Waals surface area (Å²) in [6.45, 7) is 6.67. The van der Waals surface area contributed by atoms with Crippen LogP contribution in [0.25, 0.3) is 0 Å². The zero-order valence-corrected chi connectivity index (χ0v) is 10.4. The normalized spacial score (nSPS) is 16.3. The highest BCUT2D eigenvalue weighted by Crippen LogP contribution is 2.32. The van der Waals surface area contributed by atoms with E-state index in [1.165, 1.54) is 42.7 Å². The van der Waals surface area contributed by atoms with Crippen LogP contribution in [0.5, 0.6) is 0 Å². The van der Waals surface area contributed by atoms with Gasteiger partial charge < -0.3 is 10.6 Å². The summed E-state index contributed by atoms with van der Waals surface area (Å²) in [7, 11) is 0. The summed E-state index contributed by atoms with van der Waals surface area (Å²) >= 11 is 0. The molecule has 0 saturated carbocycles. The number of rotatable bonds is 4. The molecule has 1 heterocycles. The van der Waals surface area contributed by atoms with Gasteiger partial charge in [-0.05, 0) is 37.3 Å². The minimum Gasteiger partial charge on any atom is -0.371 e. The van der Waals surface area contributed by atoms with Crippen LogP contribution in [0, 0.1) is 0 Å². The number of fused-ring (bicyclic) bond motifs is 1. The Morgan fingerprint density at radius 2 is 2.25 bits per heavy atom. The lowest BCUT2D eigenvalue weighted by Crippen LogP contribution is -2.24. The molecular weight excluding hydrogens is 196 g/mol. The highest BCUT2D eigenvalue weighted by atomic mass is 15.1. The summed E-state index contributed by atoms with van der Waals surface area (Å²) < 4.78 is 0. The molecule has 2 heteroatoms. The van der Waals surface area contributed by atoms with Crippen LogP contribution in [0.1, 0.15) is 31.4 Å². The quantitative estimate of drug-likeness (QED) is 0.840. The lowest BCUT2D eigenvalue weighted by Gasteiger charge is -2.22. The molecule has 2 N–H and O–H groups in total. The molecule has 0 radical (unpaired) electrons. The van der Waals surface area contributed by atoms with E-state index < -0.39 is 0 Å². The summed E-state index contributed by atoms with van der Waals surface area (Å²) in [4.78, 5) is 2.52. The summed E-state index contributed by atoms with van der Waals surface area (Å²) in [5.41, 5.74) is 10.3. The Kier molecular flexibility index (Phi) is 3.49. The predicted octanol–water partition coefficient (Wildman–Crippen LogP) is 2.35. The molecule has 1 aliphatic rings. The number of hydrogen-bond acceptors (Lipinski definition) is 2. The van der Waals surface area contributed by atoms with Crippen molar-refractivity contribution in [2.75, 3.05) is 18.0 Å². The first kappa shape index (κ1) is 11.5. The number of hydrogen-bond donors (Lipinski definition) is 1. The van der Waals surface area contributed by atoms with E-state index in [0.29, 0.717) is 0 Å². The van der Waals surface area contributed by atoms with Gasteiger partial charge in [-0.3, -0.25) is 0 Å². The summed E-state index contributed by atoms with van der Waals surface area (Å²) in [6.07, 6.45) is 3.40. The fourth-order valence-electron chi connectivity index (χ4n) is 2.62. The number of benzene rings is 1. The van der Waals surface area contributed by atoms with Crippen LogP contribution >= 0.6 is 0 Å². The maximum absolute atomic E-state index is 5.92. The average Bonchev–Trinajstić information content (AvgIpc) is 2.62. The Morgan fingerprint density at radius 3 is 2.94 bits per heavy atom. The largest absolute Gasteiger partial charge is 0.371 e. The van der Waals surface area contributed by atoms with Crippen LogP contribution in [-0.4, -0.2) is 19.1 Å². The molecule has 1 aromatic rings. The molecule has 0 spiro atoms. The highest BCUT2D eigenvalue weighted by Gasteiger charge is 2.21. The van der Waals surface area contributed by atoms with E-state index in [9.17, 15) is 0 Å². The van der Waals surface area contributed by atoms with Crippen LogP contribution < -0.4 is 10.6 Å². The van der Waals surface area contributed by atoms with E-state index in [1.807, 2.05) is 0 Å². The molecule has 0 aromatic heterocycles. The predicted molar refractivity (Wildman–Crippen MR) is 70.0 cm³/mol. The SMILES string of the molecule is CCCN1CCc2cccc(CC(C)N)c21. The summed E-state index contributed by atoms with van der Waals surface area (Å²) in [5, 5.41) is 0. The zero-order valence-electron chi connectivity index (χ0n) is 10.4. The van der Waals surface area contributed by atoms with E-state index >= 15 is 0 Å². The molecule has 2 nitrogen and oxygen atoms in total. The Bertz CT molecular complexity index is 356. The van der Waals surface area contributed by atoms with E-state index in [1.54, 1.807) is 0 Å². The Morgan fingerprint density at radius 1 is 1.44 bits per heavy atom. The van der Waals surface area contributed by atoms with Crippen LogP contribution in [-0.2, 0) is 12.8 Å². The Labute approximate surface area is 98.4 Å². The van der Waals surface area contributed by atoms with Crippen molar-refractivity contribution in [3.05, 3.63) is 29.3 Å². The van der Waals surface area contributed by atoms with E-state index in [4.69, 9.17) is 5.73 Å². The molecule has 0 saturated heterocycles. The van der Waals surface area contributed by atoms with E-state index in [2.05, 4.69) is 36.9 Å². The smallest absolute Gasteiger partial charge is 0.0432 e. The number of nitrogens with two attached hydrogens (primary N) is 1. The molecule has 0 amide bonds. The van der Waals surface area contributed by atoms with Gasteiger partial charge in [0, 0.05) is 24.8 Å². The van der Waals surface area contributed by atoms with E-state index in [-0.39, 0.29) is 6.04 Å². The van der Waals surface area contributed by atoms with E-state index in [0.717, 1.165) is 6.42 Å². The van der Waals surface area contributed by atoms with Gasteiger partial charge in [0.25, 0.3) is 0 Å². The topological polar surface area (TPSA) is 29.3 Å². The van der Waals surface area contributed by atoms with Crippen molar-refractivity contribution in [3.8, 4) is 0 Å². The maximum Gasteiger partial charge on any atom is 0.0432 e. The van der Waals surface area contributed by atoms with Crippen molar-refractivity contribution in [2.45, 2.75) is 39.2 Å². The Hall–Kier alpha value is -1.02. The first-order chi connectivity index (χ1) is 7.72. The highest BCUT2D eigenvalue weighted by molar-refractivity contribution is 5.63. The van der Waals surface area contributed by atoms with Gasteiger partial charge in [-0.25, -0.2) is 0 Å². The van der Waals surface area contributed by atoms with Crippen molar-refractivity contribution in [3.63, 3.8) is 0 Å². The molecule has 2 rings (SSSR count).